The summed E-state index contributed by atoms with van der Waals surface area (Å²) in [5.41, 5.74) is 1.24. The van der Waals surface area contributed by atoms with E-state index in [0.717, 1.165) is 18.4 Å². The van der Waals surface area contributed by atoms with Crippen molar-refractivity contribution < 1.29 is 8.78 Å². The predicted molar refractivity (Wildman–Crippen MR) is 83.2 cm³/mol. The molecule has 0 amide bonds. The van der Waals surface area contributed by atoms with Crippen LogP contribution >= 0.6 is 15.9 Å². The summed E-state index contributed by atoms with van der Waals surface area (Å²) in [4.78, 5) is 4.07. The Morgan fingerprint density at radius 2 is 2.10 bits per heavy atom. The molecule has 1 atom stereocenters. The van der Waals surface area contributed by atoms with E-state index in [2.05, 4.69) is 26.2 Å². The maximum atomic E-state index is 14.0. The second kappa shape index (κ2) is 7.61. The summed E-state index contributed by atoms with van der Waals surface area (Å²) < 4.78 is 28.1. The highest BCUT2D eigenvalue weighted by Crippen LogP contribution is 2.23. The van der Waals surface area contributed by atoms with Crippen molar-refractivity contribution in [3.05, 3.63) is 63.9 Å². The molecule has 0 aliphatic rings. The quantitative estimate of drug-likeness (QED) is 0.796. The van der Waals surface area contributed by atoms with Crippen LogP contribution in [0.4, 0.5) is 8.78 Å². The average molecular weight is 355 g/mol. The number of pyridine rings is 1. The Morgan fingerprint density at radius 1 is 1.29 bits per heavy atom. The van der Waals surface area contributed by atoms with E-state index in [9.17, 15) is 8.78 Å². The Labute approximate surface area is 131 Å². The van der Waals surface area contributed by atoms with E-state index in [4.69, 9.17) is 0 Å². The van der Waals surface area contributed by atoms with Gasteiger partial charge in [0, 0.05) is 24.0 Å². The second-order valence-electron chi connectivity index (χ2n) is 4.91. The first-order chi connectivity index (χ1) is 10.1. The van der Waals surface area contributed by atoms with E-state index in [-0.39, 0.29) is 11.6 Å². The van der Waals surface area contributed by atoms with Crippen molar-refractivity contribution in [3.63, 3.8) is 0 Å². The third-order valence-electron chi connectivity index (χ3n) is 3.50. The Morgan fingerprint density at radius 3 is 2.76 bits per heavy atom. The van der Waals surface area contributed by atoms with E-state index in [0.29, 0.717) is 10.9 Å². The van der Waals surface area contributed by atoms with Crippen LogP contribution in [0.3, 0.4) is 0 Å². The minimum atomic E-state index is -0.517. The summed E-state index contributed by atoms with van der Waals surface area (Å²) in [5, 5.41) is 3.13. The molecule has 1 unspecified atom stereocenters. The summed E-state index contributed by atoms with van der Waals surface area (Å²) in [6, 6.07) is 6.56. The van der Waals surface area contributed by atoms with Crippen molar-refractivity contribution in [1.29, 1.82) is 0 Å². The number of benzene rings is 1. The zero-order valence-corrected chi connectivity index (χ0v) is 13.3. The summed E-state index contributed by atoms with van der Waals surface area (Å²) in [6.07, 6.45) is 5.45. The number of nitrogens with zero attached hydrogens (tertiary/aromatic N) is 1. The maximum absolute atomic E-state index is 14.0. The van der Waals surface area contributed by atoms with Crippen LogP contribution in [0.15, 0.2) is 41.1 Å². The molecule has 1 aromatic carbocycles. The Kier molecular flexibility index (Phi) is 5.82. The van der Waals surface area contributed by atoms with E-state index >= 15 is 0 Å². The molecule has 1 N–H and O–H groups in total. The molecule has 5 heteroatoms. The van der Waals surface area contributed by atoms with Gasteiger partial charge in [-0.3, -0.25) is 4.98 Å². The summed E-state index contributed by atoms with van der Waals surface area (Å²) in [5.74, 6) is -1.02. The molecule has 0 fully saturated rings. The third kappa shape index (κ3) is 4.32. The molecule has 0 bridgehead atoms. The molecule has 0 radical (unpaired) electrons. The molecular weight excluding hydrogens is 338 g/mol. The highest BCUT2D eigenvalue weighted by molar-refractivity contribution is 9.10. The highest BCUT2D eigenvalue weighted by atomic mass is 79.9. The molecule has 0 aliphatic heterocycles. The van der Waals surface area contributed by atoms with E-state index in [1.54, 1.807) is 6.20 Å². The van der Waals surface area contributed by atoms with Gasteiger partial charge < -0.3 is 5.32 Å². The third-order valence-corrected chi connectivity index (χ3v) is 4.11. The normalized spacial score (nSPS) is 12.4. The molecule has 0 saturated heterocycles. The van der Waals surface area contributed by atoms with Gasteiger partial charge in [-0.2, -0.15) is 0 Å². The first-order valence-electron chi connectivity index (χ1n) is 6.80. The van der Waals surface area contributed by atoms with Crippen molar-refractivity contribution in [2.24, 2.45) is 0 Å². The standard InChI is InChI=1S/C16H17BrF2N2/c1-20-12(5-4-11-3-2-8-21-10-11)9-13-15(18)7-6-14(17)16(13)19/h2-3,6-8,10,12,20H,4-5,9H2,1H3. The molecule has 2 nitrogen and oxygen atoms in total. The molecule has 21 heavy (non-hydrogen) atoms. The molecule has 0 spiro atoms. The monoisotopic (exact) mass is 354 g/mol. The smallest absolute Gasteiger partial charge is 0.143 e. The molecule has 112 valence electrons. The van der Waals surface area contributed by atoms with Crippen molar-refractivity contribution in [3.8, 4) is 0 Å². The minimum Gasteiger partial charge on any atom is -0.317 e. The van der Waals surface area contributed by atoms with Crippen LogP contribution in [0.5, 0.6) is 0 Å². The lowest BCUT2D eigenvalue weighted by Gasteiger charge is -2.17. The lowest BCUT2D eigenvalue weighted by molar-refractivity contribution is 0.481. The minimum absolute atomic E-state index is 0.00325. The Bertz CT molecular complexity index is 590. The first-order valence-corrected chi connectivity index (χ1v) is 7.59. The van der Waals surface area contributed by atoms with E-state index in [1.165, 1.54) is 12.1 Å². The van der Waals surface area contributed by atoms with Crippen LogP contribution in [0.25, 0.3) is 0 Å². The van der Waals surface area contributed by atoms with Crippen LogP contribution in [-0.2, 0) is 12.8 Å². The number of likely N-dealkylation sites (N-methyl/N-ethyl adjacent to an activating group) is 1. The zero-order chi connectivity index (χ0) is 15.2. The topological polar surface area (TPSA) is 24.9 Å². The first kappa shape index (κ1) is 16.0. The van der Waals surface area contributed by atoms with Gasteiger partial charge >= 0.3 is 0 Å². The number of halogens is 3. The number of aromatic nitrogens is 1. The fourth-order valence-electron chi connectivity index (χ4n) is 2.24. The van der Waals surface area contributed by atoms with Crippen molar-refractivity contribution in [2.45, 2.75) is 25.3 Å². The van der Waals surface area contributed by atoms with Gasteiger partial charge in [-0.15, -0.1) is 0 Å². The molecule has 0 aliphatic carbocycles. The Balaban J connectivity index is 2.04. The zero-order valence-electron chi connectivity index (χ0n) is 11.7. The molecule has 1 aromatic heterocycles. The van der Waals surface area contributed by atoms with Crippen molar-refractivity contribution in [2.75, 3.05) is 7.05 Å². The molecular formula is C16H17BrF2N2. The lowest BCUT2D eigenvalue weighted by atomic mass is 9.99. The largest absolute Gasteiger partial charge is 0.317 e. The van der Waals surface area contributed by atoms with E-state index in [1.807, 2.05) is 25.4 Å². The summed E-state index contributed by atoms with van der Waals surface area (Å²) >= 11 is 3.10. The van der Waals surface area contributed by atoms with Gasteiger partial charge in [0.15, 0.2) is 0 Å². The average Bonchev–Trinajstić information content (AvgIpc) is 2.51. The van der Waals surface area contributed by atoms with Crippen LogP contribution in [-0.4, -0.2) is 18.1 Å². The van der Waals surface area contributed by atoms with Gasteiger partial charge in [0.05, 0.1) is 4.47 Å². The van der Waals surface area contributed by atoms with Gasteiger partial charge in [0.2, 0.25) is 0 Å². The van der Waals surface area contributed by atoms with Gasteiger partial charge in [0.25, 0.3) is 0 Å². The number of hydrogen-bond acceptors (Lipinski definition) is 2. The fraction of sp³-hybridized carbons (Fsp3) is 0.312. The lowest BCUT2D eigenvalue weighted by Crippen LogP contribution is -2.29. The fourth-order valence-corrected chi connectivity index (χ4v) is 2.61. The predicted octanol–water partition coefficient (Wildman–Crippen LogP) is 3.89. The van der Waals surface area contributed by atoms with Gasteiger partial charge in [-0.25, -0.2) is 8.78 Å². The Hall–Kier alpha value is -1.33. The van der Waals surface area contributed by atoms with E-state index < -0.39 is 11.6 Å². The number of hydrogen-bond donors (Lipinski definition) is 1. The molecule has 2 aromatic rings. The van der Waals surface area contributed by atoms with Crippen molar-refractivity contribution in [1.82, 2.24) is 10.3 Å². The number of aryl methyl sites for hydroxylation is 1. The van der Waals surface area contributed by atoms with Crippen LogP contribution < -0.4 is 5.32 Å². The molecule has 1 heterocycles. The van der Waals surface area contributed by atoms with Gasteiger partial charge in [0.1, 0.15) is 11.6 Å². The SMILES string of the molecule is CNC(CCc1cccnc1)Cc1c(F)ccc(Br)c1F. The molecule has 0 saturated carbocycles. The summed E-state index contributed by atoms with van der Waals surface area (Å²) in [6.45, 7) is 0. The summed E-state index contributed by atoms with van der Waals surface area (Å²) in [7, 11) is 1.81. The number of nitrogens with one attached hydrogen (secondary N) is 1. The van der Waals surface area contributed by atoms with Gasteiger partial charge in [-0.05, 0) is 66.0 Å². The van der Waals surface area contributed by atoms with Crippen LogP contribution in [0, 0.1) is 11.6 Å². The molecule has 2 rings (SSSR count). The highest BCUT2D eigenvalue weighted by Gasteiger charge is 2.17. The van der Waals surface area contributed by atoms with Crippen LogP contribution in [0.2, 0.25) is 0 Å². The maximum Gasteiger partial charge on any atom is 0.143 e. The van der Waals surface area contributed by atoms with Crippen LogP contribution in [0.1, 0.15) is 17.5 Å². The van der Waals surface area contributed by atoms with Gasteiger partial charge in [-0.1, -0.05) is 6.07 Å². The number of rotatable bonds is 6. The second-order valence-corrected chi connectivity index (χ2v) is 5.77. The van der Waals surface area contributed by atoms with Crippen molar-refractivity contribution >= 4 is 15.9 Å².